The third kappa shape index (κ3) is 3.71. The summed E-state index contributed by atoms with van der Waals surface area (Å²) >= 11 is 3.47. The quantitative estimate of drug-likeness (QED) is 0.867. The molecule has 94 valence electrons. The van der Waals surface area contributed by atoms with Gasteiger partial charge in [-0.25, -0.2) is 0 Å². The van der Waals surface area contributed by atoms with Crippen molar-refractivity contribution in [3.63, 3.8) is 0 Å². The van der Waals surface area contributed by atoms with Crippen LogP contribution in [-0.2, 0) is 11.3 Å². The average Bonchev–Trinajstić information content (AvgIpc) is 2.25. The second kappa shape index (κ2) is 6.02. The predicted molar refractivity (Wildman–Crippen MR) is 73.7 cm³/mol. The number of anilines is 1. The fraction of sp³-hybridized carbons (Fsp3) is 0.417. The number of rotatable bonds is 5. The summed E-state index contributed by atoms with van der Waals surface area (Å²) in [5, 5.41) is 0. The minimum atomic E-state index is -0.335. The number of hydrogen-bond donors (Lipinski definition) is 2. The van der Waals surface area contributed by atoms with Gasteiger partial charge in [-0.2, -0.15) is 0 Å². The third-order valence-electron chi connectivity index (χ3n) is 2.54. The number of nitrogens with two attached hydrogens (primary N) is 2. The summed E-state index contributed by atoms with van der Waals surface area (Å²) in [5.74, 6) is -0.335. The standard InChI is InChI=1S/C12H18BrN3O/c1-8(2)16(7-12(15)17)10-4-3-9(6-14)11(13)5-10/h3-5,8H,6-7,14H2,1-2H3,(H2,15,17). The smallest absolute Gasteiger partial charge is 0.236 e. The lowest BCUT2D eigenvalue weighted by molar-refractivity contribution is -0.116. The molecule has 0 unspecified atom stereocenters. The molecular formula is C12H18BrN3O. The maximum absolute atomic E-state index is 11.0. The van der Waals surface area contributed by atoms with Crippen LogP contribution in [0.15, 0.2) is 22.7 Å². The van der Waals surface area contributed by atoms with Crippen molar-refractivity contribution in [3.05, 3.63) is 28.2 Å². The zero-order valence-electron chi connectivity index (χ0n) is 10.1. The Labute approximate surface area is 110 Å². The highest BCUT2D eigenvalue weighted by molar-refractivity contribution is 9.10. The van der Waals surface area contributed by atoms with Crippen LogP contribution in [0.25, 0.3) is 0 Å². The van der Waals surface area contributed by atoms with Crippen molar-refractivity contribution < 1.29 is 4.79 Å². The molecule has 1 amide bonds. The molecule has 5 heteroatoms. The summed E-state index contributed by atoms with van der Waals surface area (Å²) in [6.07, 6.45) is 0. The number of primary amides is 1. The first-order chi connectivity index (χ1) is 7.95. The Bertz CT molecular complexity index is 407. The van der Waals surface area contributed by atoms with Gasteiger partial charge in [-0.15, -0.1) is 0 Å². The van der Waals surface area contributed by atoms with E-state index in [1.807, 2.05) is 36.9 Å². The van der Waals surface area contributed by atoms with Gasteiger partial charge in [-0.05, 0) is 31.5 Å². The molecule has 4 N–H and O–H groups in total. The summed E-state index contributed by atoms with van der Waals surface area (Å²) < 4.78 is 0.952. The highest BCUT2D eigenvalue weighted by Gasteiger charge is 2.14. The Balaban J connectivity index is 3.02. The molecule has 1 aromatic carbocycles. The van der Waals surface area contributed by atoms with E-state index < -0.39 is 0 Å². The van der Waals surface area contributed by atoms with Gasteiger partial charge in [0.15, 0.2) is 0 Å². The predicted octanol–water partition coefficient (Wildman–Crippen LogP) is 1.61. The van der Waals surface area contributed by atoms with Gasteiger partial charge in [0, 0.05) is 22.7 Å². The van der Waals surface area contributed by atoms with Crippen molar-refractivity contribution in [2.75, 3.05) is 11.4 Å². The first kappa shape index (κ1) is 14.0. The Morgan fingerprint density at radius 2 is 2.12 bits per heavy atom. The lowest BCUT2D eigenvalue weighted by atomic mass is 10.1. The molecule has 0 radical (unpaired) electrons. The van der Waals surface area contributed by atoms with E-state index in [4.69, 9.17) is 11.5 Å². The number of nitrogens with zero attached hydrogens (tertiary/aromatic N) is 1. The Morgan fingerprint density at radius 1 is 1.47 bits per heavy atom. The molecule has 0 heterocycles. The van der Waals surface area contributed by atoms with Crippen LogP contribution < -0.4 is 16.4 Å². The highest BCUT2D eigenvalue weighted by Crippen LogP contribution is 2.25. The van der Waals surface area contributed by atoms with Crippen LogP contribution in [0.1, 0.15) is 19.4 Å². The molecule has 4 nitrogen and oxygen atoms in total. The molecule has 0 aliphatic rings. The third-order valence-corrected chi connectivity index (χ3v) is 3.28. The van der Waals surface area contributed by atoms with Crippen molar-refractivity contribution in [2.45, 2.75) is 26.4 Å². The summed E-state index contributed by atoms with van der Waals surface area (Å²) in [4.78, 5) is 13.0. The van der Waals surface area contributed by atoms with Gasteiger partial charge in [-0.1, -0.05) is 22.0 Å². The van der Waals surface area contributed by atoms with E-state index in [0.717, 1.165) is 15.7 Å². The van der Waals surface area contributed by atoms with E-state index in [0.29, 0.717) is 6.54 Å². The SMILES string of the molecule is CC(C)N(CC(N)=O)c1ccc(CN)c(Br)c1. The Kier molecular flexibility index (Phi) is 4.96. The molecule has 0 atom stereocenters. The van der Waals surface area contributed by atoms with Crippen molar-refractivity contribution in [2.24, 2.45) is 11.5 Å². The van der Waals surface area contributed by atoms with Crippen molar-refractivity contribution in [1.82, 2.24) is 0 Å². The topological polar surface area (TPSA) is 72.3 Å². The van der Waals surface area contributed by atoms with Crippen molar-refractivity contribution in [3.8, 4) is 0 Å². The number of carbonyl (C=O) groups excluding carboxylic acids is 1. The van der Waals surface area contributed by atoms with E-state index in [2.05, 4.69) is 15.9 Å². The summed E-state index contributed by atoms with van der Waals surface area (Å²) in [6.45, 7) is 4.74. The van der Waals surface area contributed by atoms with Crippen LogP contribution >= 0.6 is 15.9 Å². The van der Waals surface area contributed by atoms with Crippen LogP contribution in [0.4, 0.5) is 5.69 Å². The van der Waals surface area contributed by atoms with Gasteiger partial charge in [0.2, 0.25) is 5.91 Å². The molecule has 0 aromatic heterocycles. The lowest BCUT2D eigenvalue weighted by Crippen LogP contribution is -2.38. The average molecular weight is 300 g/mol. The monoisotopic (exact) mass is 299 g/mol. The first-order valence-corrected chi connectivity index (χ1v) is 6.28. The van der Waals surface area contributed by atoms with Crippen molar-refractivity contribution >= 4 is 27.5 Å². The Hall–Kier alpha value is -1.07. The van der Waals surface area contributed by atoms with E-state index in [1.54, 1.807) is 0 Å². The van der Waals surface area contributed by atoms with Gasteiger partial charge in [-0.3, -0.25) is 4.79 Å². The van der Waals surface area contributed by atoms with Gasteiger partial charge in [0.25, 0.3) is 0 Å². The normalized spacial score (nSPS) is 10.6. The van der Waals surface area contributed by atoms with E-state index in [-0.39, 0.29) is 18.5 Å². The number of hydrogen-bond acceptors (Lipinski definition) is 3. The molecule has 1 aromatic rings. The highest BCUT2D eigenvalue weighted by atomic mass is 79.9. The van der Waals surface area contributed by atoms with Crippen LogP contribution in [0, 0.1) is 0 Å². The second-order valence-electron chi connectivity index (χ2n) is 4.17. The minimum Gasteiger partial charge on any atom is -0.368 e. The van der Waals surface area contributed by atoms with Gasteiger partial charge < -0.3 is 16.4 Å². The molecule has 0 aliphatic carbocycles. The zero-order chi connectivity index (χ0) is 13.0. The van der Waals surface area contributed by atoms with Gasteiger partial charge in [0.1, 0.15) is 0 Å². The molecule has 0 aliphatic heterocycles. The summed E-state index contributed by atoms with van der Waals surface area (Å²) in [7, 11) is 0. The van der Waals surface area contributed by atoms with Crippen LogP contribution in [0.5, 0.6) is 0 Å². The van der Waals surface area contributed by atoms with Crippen molar-refractivity contribution in [1.29, 1.82) is 0 Å². The van der Waals surface area contributed by atoms with Gasteiger partial charge in [0.05, 0.1) is 6.54 Å². The fourth-order valence-electron chi connectivity index (χ4n) is 1.62. The maximum atomic E-state index is 11.0. The lowest BCUT2D eigenvalue weighted by Gasteiger charge is -2.28. The second-order valence-corrected chi connectivity index (χ2v) is 5.02. The zero-order valence-corrected chi connectivity index (χ0v) is 11.7. The molecule has 17 heavy (non-hydrogen) atoms. The molecule has 0 fully saturated rings. The minimum absolute atomic E-state index is 0.207. The van der Waals surface area contributed by atoms with Crippen LogP contribution in [0.2, 0.25) is 0 Å². The summed E-state index contributed by atoms with van der Waals surface area (Å²) in [5.41, 5.74) is 12.8. The summed E-state index contributed by atoms with van der Waals surface area (Å²) in [6, 6.07) is 6.08. The number of halogens is 1. The van der Waals surface area contributed by atoms with E-state index >= 15 is 0 Å². The van der Waals surface area contributed by atoms with E-state index in [1.165, 1.54) is 0 Å². The molecule has 1 rings (SSSR count). The molecule has 0 bridgehead atoms. The Morgan fingerprint density at radius 3 is 2.53 bits per heavy atom. The van der Waals surface area contributed by atoms with Gasteiger partial charge >= 0.3 is 0 Å². The number of carbonyl (C=O) groups is 1. The fourth-order valence-corrected chi connectivity index (χ4v) is 2.15. The molecule has 0 spiro atoms. The molecular weight excluding hydrogens is 282 g/mol. The number of benzene rings is 1. The van der Waals surface area contributed by atoms with Crippen LogP contribution in [0.3, 0.4) is 0 Å². The number of amides is 1. The van der Waals surface area contributed by atoms with Crippen LogP contribution in [-0.4, -0.2) is 18.5 Å². The molecule has 0 saturated carbocycles. The largest absolute Gasteiger partial charge is 0.368 e. The van der Waals surface area contributed by atoms with E-state index in [9.17, 15) is 4.79 Å². The first-order valence-electron chi connectivity index (χ1n) is 5.49. The molecule has 0 saturated heterocycles. The maximum Gasteiger partial charge on any atom is 0.236 e.